The minimum atomic E-state index is -0.198. The van der Waals surface area contributed by atoms with Crippen molar-refractivity contribution >= 4 is 16.8 Å². The molecule has 4 rings (SSSR count). The van der Waals surface area contributed by atoms with Crippen LogP contribution in [-0.2, 0) is 13.0 Å². The van der Waals surface area contributed by atoms with Gasteiger partial charge >= 0.3 is 0 Å². The van der Waals surface area contributed by atoms with Crippen LogP contribution >= 0.6 is 0 Å². The largest absolute Gasteiger partial charge is 0.348 e. The molecule has 3 aromatic heterocycles. The van der Waals surface area contributed by atoms with Crippen molar-refractivity contribution in [3.8, 4) is 11.1 Å². The van der Waals surface area contributed by atoms with Crippen LogP contribution in [0, 0.1) is 20.8 Å². The van der Waals surface area contributed by atoms with Crippen molar-refractivity contribution in [2.45, 2.75) is 67.0 Å². The van der Waals surface area contributed by atoms with Gasteiger partial charge in [0.15, 0.2) is 0 Å². The van der Waals surface area contributed by atoms with Gasteiger partial charge in [0, 0.05) is 64.0 Å². The predicted octanol–water partition coefficient (Wildman–Crippen LogP) is 5.78. The molecule has 0 unspecified atom stereocenters. The van der Waals surface area contributed by atoms with E-state index in [0.29, 0.717) is 11.1 Å². The third kappa shape index (κ3) is 4.92. The molecule has 0 aliphatic rings. The topological polar surface area (TPSA) is 79.8 Å². The van der Waals surface area contributed by atoms with Gasteiger partial charge < -0.3 is 14.9 Å². The van der Waals surface area contributed by atoms with Crippen LogP contribution in [0.3, 0.4) is 0 Å². The zero-order chi connectivity index (χ0) is 25.3. The van der Waals surface area contributed by atoms with Crippen LogP contribution in [-0.4, -0.2) is 20.4 Å². The summed E-state index contributed by atoms with van der Waals surface area (Å²) in [6, 6.07) is 10.4. The Labute approximate surface area is 206 Å². The number of hydrogen-bond acceptors (Lipinski definition) is 3. The van der Waals surface area contributed by atoms with Gasteiger partial charge in [-0.25, -0.2) is 0 Å². The molecule has 0 bridgehead atoms. The van der Waals surface area contributed by atoms with E-state index in [0.717, 1.165) is 57.4 Å². The Hall–Kier alpha value is -3.67. The Balaban J connectivity index is 1.78. The van der Waals surface area contributed by atoms with Crippen LogP contribution in [0.5, 0.6) is 0 Å². The lowest BCUT2D eigenvalue weighted by Gasteiger charge is -2.14. The molecular formula is C29H34N4O2. The van der Waals surface area contributed by atoms with Gasteiger partial charge in [-0.15, -0.1) is 0 Å². The van der Waals surface area contributed by atoms with Gasteiger partial charge in [0.2, 0.25) is 0 Å². The Morgan fingerprint density at radius 1 is 1.09 bits per heavy atom. The molecule has 0 aliphatic heterocycles. The molecule has 4 aromatic rings. The molecule has 0 radical (unpaired) electrons. The number of nitrogens with one attached hydrogen (secondary N) is 2. The van der Waals surface area contributed by atoms with Crippen molar-refractivity contribution in [2.24, 2.45) is 0 Å². The van der Waals surface area contributed by atoms with Crippen molar-refractivity contribution < 1.29 is 4.79 Å². The smallest absolute Gasteiger partial charge is 0.253 e. The molecule has 6 nitrogen and oxygen atoms in total. The summed E-state index contributed by atoms with van der Waals surface area (Å²) in [4.78, 5) is 33.4. The summed E-state index contributed by atoms with van der Waals surface area (Å²) in [5, 5.41) is 3.93. The molecule has 0 saturated heterocycles. The average Bonchev–Trinajstić information content (AvgIpc) is 3.15. The van der Waals surface area contributed by atoms with Crippen LogP contribution in [0.2, 0.25) is 0 Å². The number of H-pyrrole nitrogens is 1. The van der Waals surface area contributed by atoms with Crippen LogP contribution in [0.25, 0.3) is 22.0 Å². The lowest BCUT2D eigenvalue weighted by Crippen LogP contribution is -2.28. The molecule has 6 heteroatoms. The Morgan fingerprint density at radius 3 is 2.49 bits per heavy atom. The highest BCUT2D eigenvalue weighted by molar-refractivity contribution is 6.09. The second-order valence-electron chi connectivity index (χ2n) is 9.64. The van der Waals surface area contributed by atoms with Crippen LogP contribution in [0.4, 0.5) is 0 Å². The normalized spacial score (nSPS) is 11.4. The van der Waals surface area contributed by atoms with Gasteiger partial charge in [-0.3, -0.25) is 14.6 Å². The van der Waals surface area contributed by atoms with Crippen LogP contribution in [0.15, 0.2) is 47.5 Å². The number of nitrogens with zero attached hydrogens (tertiary/aromatic N) is 2. The summed E-state index contributed by atoms with van der Waals surface area (Å²) < 4.78 is 2.21. The zero-order valence-electron chi connectivity index (χ0n) is 21.5. The molecule has 182 valence electrons. The number of pyridine rings is 2. The molecule has 0 atom stereocenters. The van der Waals surface area contributed by atoms with Gasteiger partial charge in [-0.05, 0) is 82.0 Å². The maximum absolute atomic E-state index is 13.5. The number of carbonyl (C=O) groups is 1. The maximum Gasteiger partial charge on any atom is 0.253 e. The fourth-order valence-electron chi connectivity index (χ4n) is 4.72. The van der Waals surface area contributed by atoms with Gasteiger partial charge in [0.1, 0.15) is 0 Å². The predicted molar refractivity (Wildman–Crippen MR) is 142 cm³/mol. The third-order valence-corrected chi connectivity index (χ3v) is 6.51. The van der Waals surface area contributed by atoms with Crippen molar-refractivity contribution in [1.29, 1.82) is 0 Å². The highest BCUT2D eigenvalue weighted by Gasteiger charge is 2.19. The summed E-state index contributed by atoms with van der Waals surface area (Å²) in [5.41, 5.74) is 7.73. The van der Waals surface area contributed by atoms with Crippen LogP contribution in [0.1, 0.15) is 71.7 Å². The Kier molecular flexibility index (Phi) is 6.92. The maximum atomic E-state index is 13.5. The van der Waals surface area contributed by atoms with Gasteiger partial charge in [-0.1, -0.05) is 19.4 Å². The average molecular weight is 471 g/mol. The Morgan fingerprint density at radius 2 is 1.86 bits per heavy atom. The van der Waals surface area contributed by atoms with E-state index in [-0.39, 0.29) is 24.1 Å². The number of aromatic amines is 1. The standard InChI is InChI=1S/C29H34N4O2/c1-7-8-23-10-9-21(14-30-23)22-12-24(27-19(5)16-33(17(2)3)26(27)13-22)28(34)31-15-25-18(4)11-20(6)32-29(25)35/h9-14,16-17H,7-8,15H2,1-6H3,(H,31,34)(H,32,35). The van der Waals surface area contributed by atoms with E-state index in [2.05, 4.69) is 65.0 Å². The van der Waals surface area contributed by atoms with E-state index in [1.54, 1.807) is 0 Å². The molecule has 35 heavy (non-hydrogen) atoms. The number of hydrogen-bond donors (Lipinski definition) is 2. The SMILES string of the molecule is CCCc1ccc(-c2cc(C(=O)NCc3c(C)cc(C)[nH]c3=O)c3c(C)cn(C(C)C)c3c2)cn1. The number of fused-ring (bicyclic) bond motifs is 1. The number of rotatable bonds is 7. The van der Waals surface area contributed by atoms with Crippen molar-refractivity contribution in [3.63, 3.8) is 0 Å². The molecule has 2 N–H and O–H groups in total. The second kappa shape index (κ2) is 9.90. The lowest BCUT2D eigenvalue weighted by molar-refractivity contribution is 0.0952. The lowest BCUT2D eigenvalue weighted by atomic mass is 9.98. The third-order valence-electron chi connectivity index (χ3n) is 6.51. The number of amides is 1. The van der Waals surface area contributed by atoms with Crippen LogP contribution < -0.4 is 10.9 Å². The summed E-state index contributed by atoms with van der Waals surface area (Å²) in [6.45, 7) is 12.4. The molecule has 0 fully saturated rings. The van der Waals surface area contributed by atoms with E-state index in [4.69, 9.17) is 0 Å². The summed E-state index contributed by atoms with van der Waals surface area (Å²) in [7, 11) is 0. The summed E-state index contributed by atoms with van der Waals surface area (Å²) in [6.07, 6.45) is 5.99. The first-order valence-corrected chi connectivity index (χ1v) is 12.3. The quantitative estimate of drug-likeness (QED) is 0.359. The van der Waals surface area contributed by atoms with E-state index >= 15 is 0 Å². The second-order valence-corrected chi connectivity index (χ2v) is 9.64. The van der Waals surface area contributed by atoms with E-state index in [9.17, 15) is 9.59 Å². The molecule has 0 aliphatic carbocycles. The van der Waals surface area contributed by atoms with Gasteiger partial charge in [0.05, 0.1) is 0 Å². The first-order chi connectivity index (χ1) is 16.7. The molecule has 3 heterocycles. The first kappa shape index (κ1) is 24.5. The van der Waals surface area contributed by atoms with Crippen molar-refractivity contribution in [2.75, 3.05) is 0 Å². The minimum absolute atomic E-state index is 0.165. The van der Waals surface area contributed by atoms with E-state index in [1.165, 1.54) is 0 Å². The first-order valence-electron chi connectivity index (χ1n) is 12.3. The number of carbonyl (C=O) groups excluding carboxylic acids is 1. The molecule has 0 saturated carbocycles. The van der Waals surface area contributed by atoms with Crippen molar-refractivity contribution in [3.05, 3.63) is 86.7 Å². The minimum Gasteiger partial charge on any atom is -0.348 e. The molecule has 0 spiro atoms. The fourth-order valence-corrected chi connectivity index (χ4v) is 4.72. The summed E-state index contributed by atoms with van der Waals surface area (Å²) >= 11 is 0. The molecule has 1 aromatic carbocycles. The van der Waals surface area contributed by atoms with Gasteiger partial charge in [-0.2, -0.15) is 0 Å². The number of aromatic nitrogens is 3. The molecular weight excluding hydrogens is 436 g/mol. The van der Waals surface area contributed by atoms with E-state index < -0.39 is 0 Å². The number of benzene rings is 1. The highest BCUT2D eigenvalue weighted by Crippen LogP contribution is 2.33. The highest BCUT2D eigenvalue weighted by atomic mass is 16.1. The summed E-state index contributed by atoms with van der Waals surface area (Å²) in [5.74, 6) is -0.198. The zero-order valence-corrected chi connectivity index (χ0v) is 21.5. The molecule has 1 amide bonds. The number of aryl methyl sites for hydroxylation is 4. The van der Waals surface area contributed by atoms with E-state index in [1.807, 2.05) is 39.1 Å². The fraction of sp³-hybridized carbons (Fsp3) is 0.345. The monoisotopic (exact) mass is 470 g/mol. The van der Waals surface area contributed by atoms with Crippen molar-refractivity contribution in [1.82, 2.24) is 19.9 Å². The Bertz CT molecular complexity index is 1440. The van der Waals surface area contributed by atoms with Gasteiger partial charge in [0.25, 0.3) is 11.5 Å².